The molecule has 5 nitrogen and oxygen atoms in total. The standard InChI is InChI=1S/C13H9FN2O3/c1-6-11(9-5-10(13(17)18)19-16-9)12-7(14)3-2-4-8(12)15-6/h2-5,15H,1H3,(H,17,18). The molecule has 0 spiro atoms. The lowest BCUT2D eigenvalue weighted by molar-refractivity contribution is 0.0652. The number of hydrogen-bond donors (Lipinski definition) is 2. The van der Waals surface area contributed by atoms with Crippen molar-refractivity contribution < 1.29 is 18.8 Å². The topological polar surface area (TPSA) is 79.1 Å². The van der Waals surface area contributed by atoms with Gasteiger partial charge in [0.15, 0.2) is 0 Å². The van der Waals surface area contributed by atoms with E-state index < -0.39 is 11.8 Å². The third-order valence-electron chi connectivity index (χ3n) is 2.94. The maximum atomic E-state index is 13.9. The molecule has 0 aliphatic carbocycles. The van der Waals surface area contributed by atoms with Gasteiger partial charge < -0.3 is 14.6 Å². The number of benzene rings is 1. The number of carboxylic acids is 1. The predicted octanol–water partition coefficient (Wildman–Crippen LogP) is 2.97. The minimum atomic E-state index is -1.21. The van der Waals surface area contributed by atoms with Crippen LogP contribution in [0.15, 0.2) is 28.8 Å². The smallest absolute Gasteiger partial charge is 0.374 e. The van der Waals surface area contributed by atoms with Crippen molar-refractivity contribution in [2.24, 2.45) is 0 Å². The fourth-order valence-electron chi connectivity index (χ4n) is 2.15. The van der Waals surface area contributed by atoms with Crippen LogP contribution in [0.4, 0.5) is 4.39 Å². The second-order valence-electron chi connectivity index (χ2n) is 4.17. The Morgan fingerprint density at radius 3 is 2.95 bits per heavy atom. The first kappa shape index (κ1) is 11.5. The second kappa shape index (κ2) is 3.94. The molecule has 0 aliphatic rings. The Morgan fingerprint density at radius 1 is 1.47 bits per heavy atom. The van der Waals surface area contributed by atoms with Crippen LogP contribution in [-0.2, 0) is 0 Å². The van der Waals surface area contributed by atoms with E-state index in [9.17, 15) is 9.18 Å². The van der Waals surface area contributed by atoms with Gasteiger partial charge in [-0.05, 0) is 19.1 Å². The summed E-state index contributed by atoms with van der Waals surface area (Å²) < 4.78 is 18.6. The van der Waals surface area contributed by atoms with Crippen LogP contribution < -0.4 is 0 Å². The molecule has 0 fully saturated rings. The van der Waals surface area contributed by atoms with Crippen LogP contribution >= 0.6 is 0 Å². The molecule has 1 aromatic carbocycles. The normalized spacial score (nSPS) is 11.1. The van der Waals surface area contributed by atoms with Crippen LogP contribution in [0.25, 0.3) is 22.2 Å². The van der Waals surface area contributed by atoms with E-state index in [4.69, 9.17) is 9.63 Å². The molecule has 19 heavy (non-hydrogen) atoms. The summed E-state index contributed by atoms with van der Waals surface area (Å²) in [4.78, 5) is 13.8. The maximum Gasteiger partial charge on any atom is 0.374 e. The number of aromatic nitrogens is 2. The van der Waals surface area contributed by atoms with Crippen LogP contribution in [0.1, 0.15) is 16.2 Å². The van der Waals surface area contributed by atoms with Crippen molar-refractivity contribution in [2.45, 2.75) is 6.92 Å². The number of nitrogens with one attached hydrogen (secondary N) is 1. The highest BCUT2D eigenvalue weighted by Gasteiger charge is 2.19. The van der Waals surface area contributed by atoms with Gasteiger partial charge in [0.1, 0.15) is 11.5 Å². The predicted molar refractivity (Wildman–Crippen MR) is 65.5 cm³/mol. The lowest BCUT2D eigenvalue weighted by Gasteiger charge is -1.96. The van der Waals surface area contributed by atoms with Gasteiger partial charge in [-0.25, -0.2) is 9.18 Å². The van der Waals surface area contributed by atoms with Crippen LogP contribution in [-0.4, -0.2) is 21.2 Å². The Labute approximate surface area is 106 Å². The number of aromatic amines is 1. The molecule has 0 aliphatic heterocycles. The SMILES string of the molecule is Cc1[nH]c2cccc(F)c2c1-c1cc(C(=O)O)on1. The van der Waals surface area contributed by atoms with Gasteiger partial charge in [0.25, 0.3) is 0 Å². The van der Waals surface area contributed by atoms with E-state index in [0.29, 0.717) is 27.9 Å². The zero-order valence-corrected chi connectivity index (χ0v) is 9.90. The molecule has 0 saturated carbocycles. The summed E-state index contributed by atoms with van der Waals surface area (Å²) in [5.74, 6) is -1.88. The molecular weight excluding hydrogens is 251 g/mol. The van der Waals surface area contributed by atoms with E-state index in [0.717, 1.165) is 0 Å². The first-order valence-corrected chi connectivity index (χ1v) is 5.55. The Bertz CT molecular complexity index is 788. The second-order valence-corrected chi connectivity index (χ2v) is 4.17. The highest BCUT2D eigenvalue weighted by Crippen LogP contribution is 2.33. The van der Waals surface area contributed by atoms with Crippen molar-refractivity contribution in [1.29, 1.82) is 0 Å². The highest BCUT2D eigenvalue weighted by atomic mass is 19.1. The third-order valence-corrected chi connectivity index (χ3v) is 2.94. The van der Waals surface area contributed by atoms with E-state index in [1.165, 1.54) is 12.1 Å². The van der Waals surface area contributed by atoms with Crippen molar-refractivity contribution in [3.05, 3.63) is 41.5 Å². The van der Waals surface area contributed by atoms with Crippen LogP contribution in [0.5, 0.6) is 0 Å². The maximum absolute atomic E-state index is 13.9. The Balaban J connectivity index is 2.29. The Hall–Kier alpha value is -2.63. The number of aromatic carboxylic acids is 1. The van der Waals surface area contributed by atoms with Crippen molar-refractivity contribution in [3.8, 4) is 11.3 Å². The molecule has 6 heteroatoms. The molecule has 0 bridgehead atoms. The van der Waals surface area contributed by atoms with Gasteiger partial charge in [-0.3, -0.25) is 0 Å². The van der Waals surface area contributed by atoms with Crippen molar-refractivity contribution in [3.63, 3.8) is 0 Å². The summed E-state index contributed by atoms with van der Waals surface area (Å²) in [5, 5.41) is 12.9. The van der Waals surface area contributed by atoms with E-state index >= 15 is 0 Å². The molecule has 96 valence electrons. The summed E-state index contributed by atoms with van der Waals surface area (Å²) in [6.45, 7) is 1.77. The van der Waals surface area contributed by atoms with E-state index in [1.807, 2.05) is 0 Å². The number of nitrogens with zero attached hydrogens (tertiary/aromatic N) is 1. The fraction of sp³-hybridized carbons (Fsp3) is 0.0769. The van der Waals surface area contributed by atoms with Gasteiger partial charge >= 0.3 is 5.97 Å². The molecule has 0 unspecified atom stereocenters. The Kier molecular flexibility index (Phi) is 2.38. The number of hydrogen-bond acceptors (Lipinski definition) is 3. The lowest BCUT2D eigenvalue weighted by Crippen LogP contribution is -1.91. The monoisotopic (exact) mass is 260 g/mol. The number of halogens is 1. The molecule has 2 aromatic heterocycles. The average molecular weight is 260 g/mol. The first-order valence-electron chi connectivity index (χ1n) is 5.55. The largest absolute Gasteiger partial charge is 0.475 e. The van der Waals surface area contributed by atoms with E-state index in [1.54, 1.807) is 19.1 Å². The molecule has 2 heterocycles. The van der Waals surface area contributed by atoms with Gasteiger partial charge in [0.05, 0.1) is 0 Å². The highest BCUT2D eigenvalue weighted by molar-refractivity contribution is 5.97. The van der Waals surface area contributed by atoms with Crippen molar-refractivity contribution in [2.75, 3.05) is 0 Å². The van der Waals surface area contributed by atoms with Crippen LogP contribution in [0.3, 0.4) is 0 Å². The number of rotatable bonds is 2. The average Bonchev–Trinajstić information content (AvgIpc) is 2.93. The number of carboxylic acid groups (broad SMARTS) is 1. The quantitative estimate of drug-likeness (QED) is 0.742. The lowest BCUT2D eigenvalue weighted by atomic mass is 10.1. The van der Waals surface area contributed by atoms with Crippen molar-refractivity contribution >= 4 is 16.9 Å². The Morgan fingerprint density at radius 2 is 2.26 bits per heavy atom. The fourth-order valence-corrected chi connectivity index (χ4v) is 2.15. The summed E-state index contributed by atoms with van der Waals surface area (Å²) in [5.41, 5.74) is 2.15. The number of H-pyrrole nitrogens is 1. The van der Waals surface area contributed by atoms with Crippen LogP contribution in [0.2, 0.25) is 0 Å². The molecule has 2 N–H and O–H groups in total. The molecule has 3 rings (SSSR count). The van der Waals surface area contributed by atoms with E-state index in [-0.39, 0.29) is 5.76 Å². The summed E-state index contributed by atoms with van der Waals surface area (Å²) in [6, 6.07) is 5.97. The minimum Gasteiger partial charge on any atom is -0.475 e. The van der Waals surface area contributed by atoms with E-state index in [2.05, 4.69) is 10.1 Å². The summed E-state index contributed by atoms with van der Waals surface area (Å²) in [7, 11) is 0. The summed E-state index contributed by atoms with van der Waals surface area (Å²) >= 11 is 0. The number of fused-ring (bicyclic) bond motifs is 1. The number of aryl methyl sites for hydroxylation is 1. The zero-order chi connectivity index (χ0) is 13.6. The van der Waals surface area contributed by atoms with Gasteiger partial charge in [0.2, 0.25) is 5.76 Å². The molecule has 0 amide bonds. The summed E-state index contributed by atoms with van der Waals surface area (Å²) in [6.07, 6.45) is 0. The molecule has 0 atom stereocenters. The van der Waals surface area contributed by atoms with Crippen molar-refractivity contribution in [1.82, 2.24) is 10.1 Å². The van der Waals surface area contributed by atoms with Gasteiger partial charge in [-0.2, -0.15) is 0 Å². The van der Waals surface area contributed by atoms with Gasteiger partial charge in [-0.15, -0.1) is 0 Å². The van der Waals surface area contributed by atoms with Gasteiger partial charge in [-0.1, -0.05) is 11.2 Å². The number of carbonyl (C=O) groups is 1. The van der Waals surface area contributed by atoms with Crippen LogP contribution in [0, 0.1) is 12.7 Å². The molecule has 0 radical (unpaired) electrons. The molecule has 3 aromatic rings. The molecule has 0 saturated heterocycles. The minimum absolute atomic E-state index is 0.278. The molecular formula is C13H9FN2O3. The third kappa shape index (κ3) is 1.69. The van der Waals surface area contributed by atoms with Gasteiger partial charge in [0, 0.05) is 28.2 Å². The zero-order valence-electron chi connectivity index (χ0n) is 9.90. The first-order chi connectivity index (χ1) is 9.08.